The fraction of sp³-hybridized carbons (Fsp3) is 0.524. The molecule has 5 heterocycles. The number of para-hydroxylation sites is 1. The first-order chi connectivity index (χ1) is 13.2. The number of hydrogen-bond donors (Lipinski definition) is 1. The number of rotatable bonds is 2. The van der Waals surface area contributed by atoms with E-state index in [1.54, 1.807) is 6.92 Å². The number of aliphatic hydroxyl groups excluding tert-OH is 1. The molecule has 6 nitrogen and oxygen atoms in total. The topological polar surface area (TPSA) is 67.3 Å². The van der Waals surface area contributed by atoms with Gasteiger partial charge in [-0.1, -0.05) is 23.4 Å². The first kappa shape index (κ1) is 15.8. The highest BCUT2D eigenvalue weighted by Gasteiger charge is 2.42. The Kier molecular flexibility index (Phi) is 3.32. The minimum Gasteiger partial charge on any atom is -0.378 e. The number of nitrogens with zero attached hydrogens (tertiary/aromatic N) is 4. The second-order valence-corrected chi connectivity index (χ2v) is 8.26. The maximum atomic E-state index is 11.0. The van der Waals surface area contributed by atoms with Gasteiger partial charge in [0.15, 0.2) is 11.9 Å². The molecule has 0 amide bonds. The van der Waals surface area contributed by atoms with Gasteiger partial charge in [-0.15, -0.1) is 0 Å². The zero-order valence-corrected chi connectivity index (χ0v) is 15.6. The molecule has 3 aliphatic rings. The van der Waals surface area contributed by atoms with Gasteiger partial charge < -0.3 is 14.2 Å². The van der Waals surface area contributed by atoms with Crippen molar-refractivity contribution < 1.29 is 9.63 Å². The third kappa shape index (κ3) is 2.14. The van der Waals surface area contributed by atoms with Gasteiger partial charge in [0.05, 0.1) is 11.6 Å². The molecule has 6 rings (SSSR count). The van der Waals surface area contributed by atoms with Gasteiger partial charge in [-0.2, -0.15) is 4.98 Å². The van der Waals surface area contributed by atoms with E-state index in [0.29, 0.717) is 11.9 Å². The van der Waals surface area contributed by atoms with E-state index in [-0.39, 0.29) is 5.89 Å². The minimum absolute atomic E-state index is 0.278. The van der Waals surface area contributed by atoms with E-state index in [9.17, 15) is 5.11 Å². The van der Waals surface area contributed by atoms with Crippen LogP contribution in [0.1, 0.15) is 59.9 Å². The van der Waals surface area contributed by atoms with Crippen LogP contribution in [0.2, 0.25) is 0 Å². The van der Waals surface area contributed by atoms with E-state index >= 15 is 0 Å². The van der Waals surface area contributed by atoms with Gasteiger partial charge in [0.2, 0.25) is 0 Å². The number of aliphatic hydroxyl groups is 1. The zero-order valence-electron chi connectivity index (χ0n) is 15.6. The number of benzene rings is 1. The van der Waals surface area contributed by atoms with E-state index in [1.807, 2.05) is 6.07 Å². The van der Waals surface area contributed by atoms with Crippen LogP contribution in [-0.4, -0.2) is 37.8 Å². The molecule has 3 aliphatic heterocycles. The van der Waals surface area contributed by atoms with Crippen molar-refractivity contribution in [3.8, 4) is 0 Å². The van der Waals surface area contributed by atoms with Crippen LogP contribution in [0.25, 0.3) is 10.9 Å². The highest BCUT2D eigenvalue weighted by molar-refractivity contribution is 5.89. The second-order valence-electron chi connectivity index (χ2n) is 8.26. The third-order valence-corrected chi connectivity index (χ3v) is 6.85. The summed E-state index contributed by atoms with van der Waals surface area (Å²) >= 11 is 0. The lowest BCUT2D eigenvalue weighted by atomic mass is 9.79. The standard InChI is InChI=1S/C21H24N4O2/c1-12-22-21(27-23-12)20(26)16-6-2-5-14-15-8-10-24-9-3-4-13-7-11-25(18(14)16)19(15)17(13)24/h2,5-6,13,17,20,26H,3-4,7-11H2,1H3/t13-,17+,20?/m0/s1. The quantitative estimate of drug-likeness (QED) is 0.757. The maximum Gasteiger partial charge on any atom is 0.260 e. The molecule has 140 valence electrons. The molecule has 0 radical (unpaired) electrons. The lowest BCUT2D eigenvalue weighted by Crippen LogP contribution is -2.46. The van der Waals surface area contributed by atoms with E-state index in [2.05, 4.69) is 31.7 Å². The maximum absolute atomic E-state index is 11.0. The normalized spacial score (nSPS) is 25.6. The first-order valence-electron chi connectivity index (χ1n) is 10.1. The molecule has 6 heteroatoms. The Morgan fingerprint density at radius 3 is 3.00 bits per heavy atom. The van der Waals surface area contributed by atoms with Crippen molar-refractivity contribution in [2.75, 3.05) is 13.1 Å². The average Bonchev–Trinajstić information content (AvgIpc) is 3.28. The SMILES string of the molecule is Cc1noc(C(O)c2cccc3c4c5n(c23)CC[C@@H]2CCCN(CC4)[C@@H]52)n1. The van der Waals surface area contributed by atoms with Gasteiger partial charge in [0, 0.05) is 29.7 Å². The Morgan fingerprint density at radius 1 is 1.22 bits per heavy atom. The molecule has 0 saturated carbocycles. The number of aromatic nitrogens is 3. The largest absolute Gasteiger partial charge is 0.378 e. The van der Waals surface area contributed by atoms with Crippen LogP contribution < -0.4 is 0 Å². The van der Waals surface area contributed by atoms with Crippen molar-refractivity contribution in [2.24, 2.45) is 5.92 Å². The lowest BCUT2D eigenvalue weighted by molar-refractivity contribution is 0.0576. The van der Waals surface area contributed by atoms with Gasteiger partial charge in [-0.05, 0) is 50.6 Å². The van der Waals surface area contributed by atoms with Gasteiger partial charge in [0.1, 0.15) is 0 Å². The molecule has 1 aromatic carbocycles. The number of piperidine rings is 1. The highest BCUT2D eigenvalue weighted by atomic mass is 16.5. The smallest absolute Gasteiger partial charge is 0.260 e. The lowest BCUT2D eigenvalue weighted by Gasteiger charge is -2.47. The van der Waals surface area contributed by atoms with E-state index in [1.165, 1.54) is 42.5 Å². The second kappa shape index (κ2) is 5.66. The molecule has 27 heavy (non-hydrogen) atoms. The predicted octanol–water partition coefficient (Wildman–Crippen LogP) is 3.13. The Labute approximate surface area is 157 Å². The fourth-order valence-corrected chi connectivity index (χ4v) is 5.79. The van der Waals surface area contributed by atoms with Gasteiger partial charge in [-0.3, -0.25) is 4.90 Å². The summed E-state index contributed by atoms with van der Waals surface area (Å²) in [5, 5.41) is 16.2. The molecule has 0 aliphatic carbocycles. The summed E-state index contributed by atoms with van der Waals surface area (Å²) in [6, 6.07) is 6.83. The zero-order chi connectivity index (χ0) is 18.1. The Hall–Kier alpha value is -2.18. The molecule has 2 aromatic heterocycles. The van der Waals surface area contributed by atoms with Crippen LogP contribution in [0.3, 0.4) is 0 Å². The molecule has 1 fully saturated rings. The first-order valence-corrected chi connectivity index (χ1v) is 10.1. The number of hydrogen-bond acceptors (Lipinski definition) is 5. The summed E-state index contributed by atoms with van der Waals surface area (Å²) in [4.78, 5) is 6.96. The summed E-state index contributed by atoms with van der Waals surface area (Å²) in [7, 11) is 0. The molecular formula is C21H24N4O2. The molecule has 0 bridgehead atoms. The third-order valence-electron chi connectivity index (χ3n) is 6.85. The number of aryl methyl sites for hydroxylation is 2. The summed E-state index contributed by atoms with van der Waals surface area (Å²) < 4.78 is 7.76. The molecule has 3 aromatic rings. The van der Waals surface area contributed by atoms with E-state index < -0.39 is 6.10 Å². The van der Waals surface area contributed by atoms with Gasteiger partial charge in [0.25, 0.3) is 5.89 Å². The van der Waals surface area contributed by atoms with Crippen molar-refractivity contribution in [2.45, 2.75) is 51.3 Å². The van der Waals surface area contributed by atoms with Crippen molar-refractivity contribution in [1.82, 2.24) is 19.6 Å². The Balaban J connectivity index is 1.58. The fourth-order valence-electron chi connectivity index (χ4n) is 5.79. The summed E-state index contributed by atoms with van der Waals surface area (Å²) in [5.74, 6) is 1.61. The molecule has 3 atom stereocenters. The van der Waals surface area contributed by atoms with Crippen molar-refractivity contribution >= 4 is 10.9 Å². The monoisotopic (exact) mass is 364 g/mol. The van der Waals surface area contributed by atoms with E-state index in [0.717, 1.165) is 36.5 Å². The van der Waals surface area contributed by atoms with Gasteiger partial charge >= 0.3 is 0 Å². The predicted molar refractivity (Wildman–Crippen MR) is 100 cm³/mol. The van der Waals surface area contributed by atoms with Crippen LogP contribution in [0.4, 0.5) is 0 Å². The summed E-state index contributed by atoms with van der Waals surface area (Å²) in [6.07, 6.45) is 4.11. The van der Waals surface area contributed by atoms with Crippen LogP contribution in [-0.2, 0) is 13.0 Å². The van der Waals surface area contributed by atoms with Crippen LogP contribution in [0, 0.1) is 12.8 Å². The molecule has 1 unspecified atom stereocenters. The molecule has 1 N–H and O–H groups in total. The summed E-state index contributed by atoms with van der Waals surface area (Å²) in [6.45, 7) is 5.19. The van der Waals surface area contributed by atoms with Gasteiger partial charge in [-0.25, -0.2) is 0 Å². The molecule has 0 spiro atoms. The van der Waals surface area contributed by atoms with Crippen molar-refractivity contribution in [1.29, 1.82) is 0 Å². The molecular weight excluding hydrogens is 340 g/mol. The Morgan fingerprint density at radius 2 is 2.15 bits per heavy atom. The minimum atomic E-state index is -0.886. The number of fused-ring (bicyclic) bond motifs is 3. The van der Waals surface area contributed by atoms with Crippen LogP contribution in [0.15, 0.2) is 22.7 Å². The average molecular weight is 364 g/mol. The summed E-state index contributed by atoms with van der Waals surface area (Å²) in [5.41, 5.74) is 5.05. The highest BCUT2D eigenvalue weighted by Crippen LogP contribution is 2.49. The Bertz CT molecular complexity index is 1030. The van der Waals surface area contributed by atoms with Crippen LogP contribution in [0.5, 0.6) is 0 Å². The van der Waals surface area contributed by atoms with Crippen molar-refractivity contribution in [3.63, 3.8) is 0 Å². The van der Waals surface area contributed by atoms with Crippen LogP contribution >= 0.6 is 0 Å². The molecule has 1 saturated heterocycles. The van der Waals surface area contributed by atoms with Crippen molar-refractivity contribution in [3.05, 3.63) is 46.7 Å². The van der Waals surface area contributed by atoms with E-state index in [4.69, 9.17) is 4.52 Å².